The highest BCUT2D eigenvalue weighted by atomic mass is 32.1. The number of hydrogen-bond donors (Lipinski definition) is 3. The Kier molecular flexibility index (Phi) is 6.10. The number of amides is 3. The molecule has 4 rings (SSSR count). The van der Waals surface area contributed by atoms with E-state index in [1.54, 1.807) is 29.6 Å². The summed E-state index contributed by atoms with van der Waals surface area (Å²) in [6.07, 6.45) is 1.30. The number of likely N-dealkylation sites (tertiary alicyclic amines) is 1. The van der Waals surface area contributed by atoms with Gasteiger partial charge in [0.1, 0.15) is 5.00 Å². The summed E-state index contributed by atoms with van der Waals surface area (Å²) in [5.41, 5.74) is 6.32. The van der Waals surface area contributed by atoms with Crippen molar-refractivity contribution in [2.75, 3.05) is 30.5 Å². The van der Waals surface area contributed by atoms with E-state index in [1.165, 1.54) is 11.3 Å². The van der Waals surface area contributed by atoms with Gasteiger partial charge in [0, 0.05) is 17.7 Å². The highest BCUT2D eigenvalue weighted by molar-refractivity contribution is 7.14. The minimum absolute atomic E-state index is 0.0414. The number of thiophene rings is 1. The van der Waals surface area contributed by atoms with Gasteiger partial charge in [-0.05, 0) is 56.4 Å². The first kappa shape index (κ1) is 21.1. The van der Waals surface area contributed by atoms with E-state index in [1.807, 2.05) is 11.8 Å². The number of benzene rings is 1. The van der Waals surface area contributed by atoms with Crippen molar-refractivity contribution in [1.29, 1.82) is 0 Å². The van der Waals surface area contributed by atoms with E-state index in [2.05, 4.69) is 10.6 Å². The number of primary amides is 1. The lowest BCUT2D eigenvalue weighted by Gasteiger charge is -2.34. The second kappa shape index (κ2) is 8.94. The van der Waals surface area contributed by atoms with Gasteiger partial charge in [-0.25, -0.2) is 0 Å². The van der Waals surface area contributed by atoms with Crippen molar-refractivity contribution in [3.8, 4) is 11.5 Å². The molecule has 0 aliphatic carbocycles. The molecule has 0 radical (unpaired) electrons. The molecule has 164 valence electrons. The maximum absolute atomic E-state index is 12.7. The Morgan fingerprint density at radius 3 is 2.61 bits per heavy atom. The summed E-state index contributed by atoms with van der Waals surface area (Å²) in [6.45, 7) is 3.26. The average molecular weight is 445 g/mol. The van der Waals surface area contributed by atoms with Crippen molar-refractivity contribution in [3.05, 3.63) is 35.2 Å². The fourth-order valence-corrected chi connectivity index (χ4v) is 4.55. The third kappa shape index (κ3) is 4.64. The van der Waals surface area contributed by atoms with E-state index < -0.39 is 5.91 Å². The van der Waals surface area contributed by atoms with E-state index >= 15 is 0 Å². The van der Waals surface area contributed by atoms with Gasteiger partial charge in [0.25, 0.3) is 5.91 Å². The van der Waals surface area contributed by atoms with Gasteiger partial charge in [0.05, 0.1) is 11.6 Å². The molecule has 1 aromatic carbocycles. The van der Waals surface area contributed by atoms with Crippen LogP contribution in [0.3, 0.4) is 0 Å². The summed E-state index contributed by atoms with van der Waals surface area (Å²) in [4.78, 5) is 38.8. The van der Waals surface area contributed by atoms with Gasteiger partial charge in [-0.15, -0.1) is 11.3 Å². The third-order valence-electron chi connectivity index (χ3n) is 5.64. The van der Waals surface area contributed by atoms with Crippen LogP contribution < -0.4 is 25.8 Å². The largest absolute Gasteiger partial charge is 0.454 e. The molecule has 1 aromatic heterocycles. The molecule has 0 bridgehead atoms. The molecule has 0 saturated carbocycles. The number of nitrogens with one attached hydrogen (secondary N) is 2. The number of nitrogens with two attached hydrogens (primary N) is 1. The molecule has 2 aliphatic heterocycles. The molecule has 3 amide bonds. The molecule has 1 saturated heterocycles. The number of fused-ring (bicyclic) bond motifs is 1. The lowest BCUT2D eigenvalue weighted by Crippen LogP contribution is -2.47. The molecule has 3 heterocycles. The van der Waals surface area contributed by atoms with Crippen LogP contribution in [0.2, 0.25) is 0 Å². The van der Waals surface area contributed by atoms with E-state index in [0.717, 1.165) is 0 Å². The van der Waals surface area contributed by atoms with Crippen LogP contribution in [0.5, 0.6) is 11.5 Å². The summed E-state index contributed by atoms with van der Waals surface area (Å²) >= 11 is 1.26. The van der Waals surface area contributed by atoms with Crippen LogP contribution in [0, 0.1) is 5.92 Å². The van der Waals surface area contributed by atoms with Crippen molar-refractivity contribution in [2.24, 2.45) is 11.7 Å². The first-order valence-electron chi connectivity index (χ1n) is 10.0. The minimum Gasteiger partial charge on any atom is -0.454 e. The summed E-state index contributed by atoms with van der Waals surface area (Å²) in [7, 11) is 0. The van der Waals surface area contributed by atoms with Crippen LogP contribution in [0.1, 0.15) is 30.1 Å². The Morgan fingerprint density at radius 2 is 1.87 bits per heavy atom. The lowest BCUT2D eigenvalue weighted by molar-refractivity contribution is -0.123. The quantitative estimate of drug-likeness (QED) is 0.628. The highest BCUT2D eigenvalue weighted by Crippen LogP contribution is 2.34. The minimum atomic E-state index is -0.571. The fourth-order valence-electron chi connectivity index (χ4n) is 3.75. The highest BCUT2D eigenvalue weighted by Gasteiger charge is 2.30. The fraction of sp³-hybridized carbons (Fsp3) is 0.381. The smallest absolute Gasteiger partial charge is 0.251 e. The Bertz CT molecular complexity index is 999. The molecule has 1 fully saturated rings. The zero-order chi connectivity index (χ0) is 22.0. The standard InChI is InChI=1S/C21H24N4O5S/c1-12(19(27)24-21-15(18(22)26)6-9-31-21)25-7-4-13(5-8-25)20(28)23-14-2-3-16-17(10-14)30-11-29-16/h2-3,6,9-10,12-13H,4-5,7-8,11H2,1H3,(H2,22,26)(H,23,28)(H,24,27)/t12-/m0/s1. The first-order valence-corrected chi connectivity index (χ1v) is 10.9. The monoisotopic (exact) mass is 444 g/mol. The molecule has 2 aliphatic rings. The number of hydrogen-bond acceptors (Lipinski definition) is 7. The summed E-state index contributed by atoms with van der Waals surface area (Å²) in [6, 6.07) is 6.53. The van der Waals surface area contributed by atoms with Gasteiger partial charge in [-0.2, -0.15) is 0 Å². The Hall–Kier alpha value is -3.11. The predicted molar refractivity (Wildman–Crippen MR) is 116 cm³/mol. The van der Waals surface area contributed by atoms with Crippen LogP contribution in [0.25, 0.3) is 0 Å². The first-order chi connectivity index (χ1) is 14.9. The Balaban J connectivity index is 1.28. The molecule has 10 heteroatoms. The molecule has 9 nitrogen and oxygen atoms in total. The topological polar surface area (TPSA) is 123 Å². The van der Waals surface area contributed by atoms with Gasteiger partial charge in [-0.1, -0.05) is 0 Å². The molecular weight excluding hydrogens is 420 g/mol. The number of nitrogens with zero attached hydrogens (tertiary/aromatic N) is 1. The number of rotatable bonds is 6. The van der Waals surface area contributed by atoms with Gasteiger partial charge >= 0.3 is 0 Å². The number of ether oxygens (including phenoxy) is 2. The molecule has 0 spiro atoms. The second-order valence-corrected chi connectivity index (χ2v) is 8.48. The van der Waals surface area contributed by atoms with Crippen molar-refractivity contribution >= 4 is 39.7 Å². The van der Waals surface area contributed by atoms with Crippen LogP contribution >= 0.6 is 11.3 Å². The molecule has 4 N–H and O–H groups in total. The zero-order valence-electron chi connectivity index (χ0n) is 17.1. The van der Waals surface area contributed by atoms with E-state index in [4.69, 9.17) is 15.2 Å². The van der Waals surface area contributed by atoms with Gasteiger partial charge in [-0.3, -0.25) is 19.3 Å². The third-order valence-corrected chi connectivity index (χ3v) is 6.46. The van der Waals surface area contributed by atoms with Crippen molar-refractivity contribution in [3.63, 3.8) is 0 Å². The summed E-state index contributed by atoms with van der Waals surface area (Å²) in [5.74, 6) is 0.351. The molecular formula is C21H24N4O5S. The Labute approximate surface area is 183 Å². The van der Waals surface area contributed by atoms with Crippen LogP contribution in [0.15, 0.2) is 29.6 Å². The maximum atomic E-state index is 12.7. The van der Waals surface area contributed by atoms with E-state index in [0.29, 0.717) is 53.7 Å². The normalized spacial score (nSPS) is 17.2. The molecule has 1 atom stereocenters. The predicted octanol–water partition coefficient (Wildman–Crippen LogP) is 2.25. The number of carbonyl (C=O) groups excluding carboxylic acids is 3. The van der Waals surface area contributed by atoms with Crippen LogP contribution in [0.4, 0.5) is 10.7 Å². The number of anilines is 2. The van der Waals surface area contributed by atoms with Crippen molar-refractivity contribution in [2.45, 2.75) is 25.8 Å². The zero-order valence-corrected chi connectivity index (χ0v) is 17.9. The maximum Gasteiger partial charge on any atom is 0.251 e. The molecule has 31 heavy (non-hydrogen) atoms. The van der Waals surface area contributed by atoms with Gasteiger partial charge < -0.3 is 25.8 Å². The Morgan fingerprint density at radius 1 is 1.13 bits per heavy atom. The molecule has 2 aromatic rings. The summed E-state index contributed by atoms with van der Waals surface area (Å²) < 4.78 is 10.6. The lowest BCUT2D eigenvalue weighted by atomic mass is 9.94. The SMILES string of the molecule is C[C@@H](C(=O)Nc1sccc1C(N)=O)N1CCC(C(=O)Nc2ccc3c(c2)OCO3)CC1. The number of carbonyl (C=O) groups is 3. The van der Waals surface area contributed by atoms with E-state index in [-0.39, 0.29) is 30.6 Å². The van der Waals surface area contributed by atoms with Crippen LogP contribution in [-0.4, -0.2) is 48.5 Å². The second-order valence-electron chi connectivity index (χ2n) is 7.56. The van der Waals surface area contributed by atoms with E-state index in [9.17, 15) is 14.4 Å². The van der Waals surface area contributed by atoms with Gasteiger partial charge in [0.2, 0.25) is 18.6 Å². The van der Waals surface area contributed by atoms with Crippen molar-refractivity contribution < 1.29 is 23.9 Å². The van der Waals surface area contributed by atoms with Crippen LogP contribution in [-0.2, 0) is 9.59 Å². The number of piperidine rings is 1. The van der Waals surface area contributed by atoms with Gasteiger partial charge in [0.15, 0.2) is 11.5 Å². The average Bonchev–Trinajstić information content (AvgIpc) is 3.42. The van der Waals surface area contributed by atoms with Crippen molar-refractivity contribution in [1.82, 2.24) is 4.90 Å². The summed E-state index contributed by atoms with van der Waals surface area (Å²) in [5, 5.41) is 7.91. The molecule has 0 unspecified atom stereocenters.